The van der Waals surface area contributed by atoms with E-state index in [0.29, 0.717) is 5.02 Å². The quantitative estimate of drug-likeness (QED) is 0.896. The molecule has 0 heterocycles. The smallest absolute Gasteiger partial charge is 0.230 e. The van der Waals surface area contributed by atoms with Crippen molar-refractivity contribution in [1.82, 2.24) is 0 Å². The molecule has 4 heteroatoms. The van der Waals surface area contributed by atoms with E-state index < -0.39 is 0 Å². The molecule has 1 N–H and O–H groups in total. The highest BCUT2D eigenvalue weighted by atomic mass is 35.5. The average molecular weight is 253 g/mol. The van der Waals surface area contributed by atoms with Crippen molar-refractivity contribution in [1.29, 1.82) is 0 Å². The molecule has 2 rings (SSSR count). The van der Waals surface area contributed by atoms with Crippen molar-refractivity contribution in [2.24, 2.45) is 5.41 Å². The maximum absolute atomic E-state index is 11.9. The first-order chi connectivity index (χ1) is 7.92. The Kier molecular flexibility index (Phi) is 3.04. The minimum absolute atomic E-state index is 0.0890. The molecule has 1 aromatic carbocycles. The van der Waals surface area contributed by atoms with Crippen LogP contribution in [-0.2, 0) is 4.79 Å². The molecule has 0 aromatic heterocycles. The fourth-order valence-electron chi connectivity index (χ4n) is 1.64. The van der Waals surface area contributed by atoms with Gasteiger partial charge in [0.2, 0.25) is 5.91 Å². The summed E-state index contributed by atoms with van der Waals surface area (Å²) in [5.41, 5.74) is 1.55. The second-order valence-electron chi connectivity index (χ2n) is 5.08. The third-order valence-electron chi connectivity index (χ3n) is 3.24. The third kappa shape index (κ3) is 2.55. The second kappa shape index (κ2) is 4.22. The monoisotopic (exact) mass is 252 g/mol. The van der Waals surface area contributed by atoms with Crippen LogP contribution in [0.2, 0.25) is 5.02 Å². The standard InChI is InChI=1S/C13H17ClN2O/c1-13(6-7-13)12(17)15-9-4-5-11(16(2)3)10(14)8-9/h4-5,8H,6-7H2,1-3H3,(H,15,17). The van der Waals surface area contributed by atoms with E-state index in [1.165, 1.54) is 0 Å². The van der Waals surface area contributed by atoms with E-state index in [0.717, 1.165) is 24.2 Å². The van der Waals surface area contributed by atoms with Gasteiger partial charge in [0.15, 0.2) is 0 Å². The lowest BCUT2D eigenvalue weighted by atomic mass is 10.1. The Hall–Kier alpha value is -1.22. The predicted octanol–water partition coefficient (Wildman–Crippen LogP) is 3.14. The first kappa shape index (κ1) is 12.2. The van der Waals surface area contributed by atoms with Gasteiger partial charge < -0.3 is 10.2 Å². The molecule has 0 spiro atoms. The van der Waals surface area contributed by atoms with Crippen molar-refractivity contribution in [2.75, 3.05) is 24.3 Å². The molecule has 0 unspecified atom stereocenters. The molecule has 0 atom stereocenters. The molecule has 3 nitrogen and oxygen atoms in total. The van der Waals surface area contributed by atoms with Gasteiger partial charge in [-0.05, 0) is 31.0 Å². The minimum atomic E-state index is -0.160. The number of hydrogen-bond acceptors (Lipinski definition) is 2. The van der Waals surface area contributed by atoms with Crippen LogP contribution in [0.15, 0.2) is 18.2 Å². The van der Waals surface area contributed by atoms with Gasteiger partial charge >= 0.3 is 0 Å². The Bertz CT molecular complexity index is 453. The average Bonchev–Trinajstić information content (AvgIpc) is 2.97. The molecule has 92 valence electrons. The van der Waals surface area contributed by atoms with Gasteiger partial charge in [0.1, 0.15) is 0 Å². The molecular formula is C13H17ClN2O. The van der Waals surface area contributed by atoms with Gasteiger partial charge in [-0.1, -0.05) is 18.5 Å². The Balaban J connectivity index is 2.12. The Morgan fingerprint density at radius 1 is 1.41 bits per heavy atom. The molecule has 1 fully saturated rings. The lowest BCUT2D eigenvalue weighted by molar-refractivity contribution is -0.120. The van der Waals surface area contributed by atoms with Gasteiger partial charge in [-0.2, -0.15) is 0 Å². The molecule has 0 radical (unpaired) electrons. The highest BCUT2D eigenvalue weighted by Crippen LogP contribution is 2.45. The van der Waals surface area contributed by atoms with Crippen molar-refractivity contribution in [3.05, 3.63) is 23.2 Å². The second-order valence-corrected chi connectivity index (χ2v) is 5.48. The number of halogens is 1. The summed E-state index contributed by atoms with van der Waals surface area (Å²) in [6.45, 7) is 1.98. The fraction of sp³-hybridized carbons (Fsp3) is 0.462. The minimum Gasteiger partial charge on any atom is -0.376 e. The van der Waals surface area contributed by atoms with Crippen LogP contribution in [0.1, 0.15) is 19.8 Å². The highest BCUT2D eigenvalue weighted by molar-refractivity contribution is 6.33. The first-order valence-electron chi connectivity index (χ1n) is 5.71. The molecule has 1 aliphatic rings. The summed E-state index contributed by atoms with van der Waals surface area (Å²) in [6.07, 6.45) is 1.95. The van der Waals surface area contributed by atoms with Gasteiger partial charge in [-0.15, -0.1) is 0 Å². The van der Waals surface area contributed by atoms with Crippen LogP contribution in [0.25, 0.3) is 0 Å². The molecular weight excluding hydrogens is 236 g/mol. The van der Waals surface area contributed by atoms with Gasteiger partial charge in [-0.25, -0.2) is 0 Å². The molecule has 17 heavy (non-hydrogen) atoms. The van der Waals surface area contributed by atoms with E-state index in [9.17, 15) is 4.79 Å². The fourth-order valence-corrected chi connectivity index (χ4v) is 1.99. The largest absolute Gasteiger partial charge is 0.376 e. The maximum atomic E-state index is 11.9. The number of benzene rings is 1. The number of nitrogens with zero attached hydrogens (tertiary/aromatic N) is 1. The van der Waals surface area contributed by atoms with Crippen molar-refractivity contribution in [3.8, 4) is 0 Å². The van der Waals surface area contributed by atoms with Crippen LogP contribution in [0.3, 0.4) is 0 Å². The van der Waals surface area contributed by atoms with Crippen LogP contribution >= 0.6 is 11.6 Å². The molecule has 0 aliphatic heterocycles. The summed E-state index contributed by atoms with van der Waals surface area (Å²) >= 11 is 6.14. The van der Waals surface area contributed by atoms with Crippen molar-refractivity contribution in [3.63, 3.8) is 0 Å². The Morgan fingerprint density at radius 3 is 2.53 bits per heavy atom. The number of anilines is 2. The number of carbonyl (C=O) groups excluding carboxylic acids is 1. The molecule has 0 saturated heterocycles. The van der Waals surface area contributed by atoms with Gasteiger partial charge in [0, 0.05) is 25.2 Å². The zero-order valence-electron chi connectivity index (χ0n) is 10.4. The SMILES string of the molecule is CN(C)c1ccc(NC(=O)C2(C)CC2)cc1Cl. The highest BCUT2D eigenvalue weighted by Gasteiger charge is 2.44. The van der Waals surface area contributed by atoms with Crippen LogP contribution in [-0.4, -0.2) is 20.0 Å². The van der Waals surface area contributed by atoms with Crippen LogP contribution in [0, 0.1) is 5.41 Å². The number of carbonyl (C=O) groups is 1. The molecule has 1 aromatic rings. The first-order valence-corrected chi connectivity index (χ1v) is 6.08. The maximum Gasteiger partial charge on any atom is 0.230 e. The van der Waals surface area contributed by atoms with Crippen molar-refractivity contribution >= 4 is 28.9 Å². The van der Waals surface area contributed by atoms with E-state index in [4.69, 9.17) is 11.6 Å². The van der Waals surface area contributed by atoms with E-state index in [1.807, 2.05) is 38.1 Å². The van der Waals surface area contributed by atoms with Crippen molar-refractivity contribution in [2.45, 2.75) is 19.8 Å². The van der Waals surface area contributed by atoms with Gasteiger partial charge in [0.05, 0.1) is 10.7 Å². The lowest BCUT2D eigenvalue weighted by Crippen LogP contribution is -2.21. The van der Waals surface area contributed by atoms with E-state index in [1.54, 1.807) is 6.07 Å². The molecule has 0 bridgehead atoms. The summed E-state index contributed by atoms with van der Waals surface area (Å²) < 4.78 is 0. The van der Waals surface area contributed by atoms with E-state index >= 15 is 0 Å². The Labute approximate surface area is 107 Å². The van der Waals surface area contributed by atoms with E-state index in [2.05, 4.69) is 5.32 Å². The number of nitrogens with one attached hydrogen (secondary N) is 1. The third-order valence-corrected chi connectivity index (χ3v) is 3.54. The lowest BCUT2D eigenvalue weighted by Gasteiger charge is -2.16. The van der Waals surface area contributed by atoms with Gasteiger partial charge in [0.25, 0.3) is 0 Å². The zero-order chi connectivity index (χ0) is 12.6. The van der Waals surface area contributed by atoms with Gasteiger partial charge in [-0.3, -0.25) is 4.79 Å². The normalized spacial score (nSPS) is 16.5. The topological polar surface area (TPSA) is 32.3 Å². The number of rotatable bonds is 3. The summed E-state index contributed by atoms with van der Waals surface area (Å²) in [7, 11) is 3.87. The van der Waals surface area contributed by atoms with Crippen LogP contribution in [0.4, 0.5) is 11.4 Å². The summed E-state index contributed by atoms with van der Waals surface area (Å²) in [5.74, 6) is 0.0890. The summed E-state index contributed by atoms with van der Waals surface area (Å²) in [5, 5.41) is 3.56. The predicted molar refractivity (Wildman–Crippen MR) is 71.7 cm³/mol. The van der Waals surface area contributed by atoms with Crippen LogP contribution < -0.4 is 10.2 Å². The molecule has 1 saturated carbocycles. The summed E-state index contributed by atoms with van der Waals surface area (Å²) in [6, 6.07) is 5.58. The van der Waals surface area contributed by atoms with Crippen LogP contribution in [0.5, 0.6) is 0 Å². The Morgan fingerprint density at radius 2 is 2.06 bits per heavy atom. The molecule has 1 aliphatic carbocycles. The van der Waals surface area contributed by atoms with E-state index in [-0.39, 0.29) is 11.3 Å². The zero-order valence-corrected chi connectivity index (χ0v) is 11.1. The number of hydrogen-bond donors (Lipinski definition) is 1. The summed E-state index contributed by atoms with van der Waals surface area (Å²) in [4.78, 5) is 13.8. The van der Waals surface area contributed by atoms with Crippen molar-refractivity contribution < 1.29 is 4.79 Å². The molecule has 1 amide bonds. The number of amides is 1.